The second-order valence-corrected chi connectivity index (χ2v) is 15.4. The first kappa shape index (κ1) is 35.5. The van der Waals surface area contributed by atoms with Gasteiger partial charge in [-0.25, -0.2) is 14.8 Å². The fourth-order valence-corrected chi connectivity index (χ4v) is 7.45. The van der Waals surface area contributed by atoms with Crippen LogP contribution in [-0.2, 0) is 21.4 Å². The van der Waals surface area contributed by atoms with E-state index in [1.807, 2.05) is 48.8 Å². The average Bonchev–Trinajstić information content (AvgIpc) is 3.63. The first-order valence-electron chi connectivity index (χ1n) is 17.1. The van der Waals surface area contributed by atoms with E-state index in [2.05, 4.69) is 73.0 Å². The number of nitrogens with one attached hydrogen (secondary N) is 1. The summed E-state index contributed by atoms with van der Waals surface area (Å²) in [5.74, 6) is -2.41. The normalized spacial score (nSPS) is 16.8. The molecular weight excluding hydrogens is 663 g/mol. The van der Waals surface area contributed by atoms with Crippen molar-refractivity contribution in [3.8, 4) is 11.4 Å². The molecule has 3 amide bonds. The molecule has 1 N–H and O–H groups in total. The lowest BCUT2D eigenvalue weighted by atomic mass is 9.83. The molecule has 1 aliphatic carbocycles. The summed E-state index contributed by atoms with van der Waals surface area (Å²) in [6.45, 7) is 10.2. The van der Waals surface area contributed by atoms with Crippen LogP contribution in [-0.4, -0.2) is 50.6 Å². The monoisotopic (exact) mass is 703 g/mol. The molecule has 0 spiro atoms. The van der Waals surface area contributed by atoms with Gasteiger partial charge < -0.3 is 10.2 Å². The van der Waals surface area contributed by atoms with Crippen LogP contribution in [0.4, 0.5) is 0 Å². The summed E-state index contributed by atoms with van der Waals surface area (Å²) in [5, 5.41) is 13.8. The Morgan fingerprint density at radius 2 is 1.69 bits per heavy atom. The number of nitrogens with zero attached hydrogens (tertiary/aromatic N) is 4. The summed E-state index contributed by atoms with van der Waals surface area (Å²) < 4.78 is 0. The van der Waals surface area contributed by atoms with Gasteiger partial charge in [-0.3, -0.25) is 19.7 Å². The van der Waals surface area contributed by atoms with Gasteiger partial charge >= 0.3 is 5.91 Å². The molecule has 2 aromatic carbocycles. The SMILES string of the molecule is C=C(NC(=O)c1ccc(C(C)(C)C)s1)C(Cc1ccc(-c2ncc(C3=CCC(c4ccccc4)CC3)cn2)cc1)C(=O)N1CC(C(=O)[N+](=O)[O-])C1. The Morgan fingerprint density at radius 3 is 2.27 bits per heavy atom. The Balaban J connectivity index is 1.13. The van der Waals surface area contributed by atoms with Crippen LogP contribution in [0.3, 0.4) is 0 Å². The molecular formula is C40H41N5O5S. The standard InChI is InChI=1S/C40H41N5O5S/c1-25(43-37(46)34-18-19-35(51-34)40(2,3)4)33(39(48)44-23-32(24-44)38(47)45(49)50)20-26-10-12-30(13-11-26)36-41-21-31(22-42-36)29-16-14-28(15-17-29)27-8-6-5-7-9-27/h5-13,16,18-19,21-22,28,32-33H,1,14-15,17,20,23-24H2,2-4H3,(H,43,46). The third-order valence-corrected chi connectivity index (χ3v) is 11.2. The Labute approximate surface area is 301 Å². The lowest BCUT2D eigenvalue weighted by molar-refractivity contribution is -0.408. The number of hydrogen-bond donors (Lipinski definition) is 1. The van der Waals surface area contributed by atoms with Gasteiger partial charge in [-0.1, -0.05) is 88.0 Å². The van der Waals surface area contributed by atoms with Crippen molar-refractivity contribution < 1.29 is 19.3 Å². The van der Waals surface area contributed by atoms with Crippen molar-refractivity contribution in [1.82, 2.24) is 20.2 Å². The molecule has 0 saturated carbocycles. The number of rotatable bonds is 10. The van der Waals surface area contributed by atoms with Gasteiger partial charge in [-0.2, -0.15) is 0 Å². The van der Waals surface area contributed by atoms with Crippen molar-refractivity contribution in [3.63, 3.8) is 0 Å². The number of thiophene rings is 1. The lowest BCUT2D eigenvalue weighted by Gasteiger charge is -2.38. The molecule has 1 fully saturated rings. The zero-order valence-electron chi connectivity index (χ0n) is 29.0. The number of carbonyl (C=O) groups excluding carboxylic acids is 3. The second kappa shape index (κ2) is 14.9. The Kier molecular flexibility index (Phi) is 10.4. The van der Waals surface area contributed by atoms with Gasteiger partial charge in [0, 0.05) is 47.2 Å². The molecule has 51 heavy (non-hydrogen) atoms. The molecule has 1 aliphatic heterocycles. The van der Waals surface area contributed by atoms with Crippen LogP contribution < -0.4 is 5.32 Å². The maximum atomic E-state index is 13.7. The predicted molar refractivity (Wildman–Crippen MR) is 197 cm³/mol. The Bertz CT molecular complexity index is 1970. The molecule has 2 aromatic heterocycles. The molecule has 1 saturated heterocycles. The zero-order valence-corrected chi connectivity index (χ0v) is 29.8. The molecule has 10 nitrogen and oxygen atoms in total. The largest absolute Gasteiger partial charge is 0.451 e. The summed E-state index contributed by atoms with van der Waals surface area (Å²) in [6, 6.07) is 21.9. The molecule has 2 unspecified atom stereocenters. The summed E-state index contributed by atoms with van der Waals surface area (Å²) >= 11 is 1.38. The number of amides is 3. The third kappa shape index (κ3) is 8.20. The molecule has 0 bridgehead atoms. The van der Waals surface area contributed by atoms with Crippen LogP contribution in [0, 0.1) is 22.0 Å². The van der Waals surface area contributed by atoms with Gasteiger partial charge in [-0.15, -0.1) is 11.3 Å². The molecule has 262 valence electrons. The predicted octanol–water partition coefficient (Wildman–Crippen LogP) is 7.22. The van der Waals surface area contributed by atoms with Gasteiger partial charge in [-0.05, 0) is 65.8 Å². The van der Waals surface area contributed by atoms with Crippen LogP contribution >= 0.6 is 11.3 Å². The van der Waals surface area contributed by atoms with E-state index in [0.717, 1.165) is 40.8 Å². The average molecular weight is 704 g/mol. The van der Waals surface area contributed by atoms with Gasteiger partial charge in [0.25, 0.3) is 5.91 Å². The highest BCUT2D eigenvalue weighted by molar-refractivity contribution is 7.14. The van der Waals surface area contributed by atoms with Crippen molar-refractivity contribution in [1.29, 1.82) is 0 Å². The van der Waals surface area contributed by atoms with Crippen molar-refractivity contribution >= 4 is 34.6 Å². The first-order chi connectivity index (χ1) is 24.4. The van der Waals surface area contributed by atoms with Gasteiger partial charge in [0.1, 0.15) is 10.8 Å². The number of carbonyl (C=O) groups is 3. The van der Waals surface area contributed by atoms with Crippen LogP contribution in [0.1, 0.15) is 77.2 Å². The van der Waals surface area contributed by atoms with Crippen molar-refractivity contribution in [2.75, 3.05) is 13.1 Å². The van der Waals surface area contributed by atoms with Gasteiger partial charge in [0.15, 0.2) is 5.82 Å². The highest BCUT2D eigenvalue weighted by Crippen LogP contribution is 2.36. The fourth-order valence-electron chi connectivity index (χ4n) is 6.49. The van der Waals surface area contributed by atoms with E-state index in [9.17, 15) is 24.5 Å². The molecule has 2 aliphatic rings. The van der Waals surface area contributed by atoms with Crippen molar-refractivity contribution in [2.45, 2.75) is 57.8 Å². The van der Waals surface area contributed by atoms with Crippen LogP contribution in [0.15, 0.2) is 97.5 Å². The number of allylic oxidation sites excluding steroid dienone is 2. The van der Waals surface area contributed by atoms with E-state index in [1.54, 1.807) is 6.07 Å². The summed E-state index contributed by atoms with van der Waals surface area (Å²) in [6.07, 6.45) is 9.30. The summed E-state index contributed by atoms with van der Waals surface area (Å²) in [7, 11) is 0. The van der Waals surface area contributed by atoms with Crippen LogP contribution in [0.2, 0.25) is 0 Å². The van der Waals surface area contributed by atoms with E-state index < -0.39 is 22.7 Å². The summed E-state index contributed by atoms with van der Waals surface area (Å²) in [5.41, 5.74) is 5.39. The Hall–Kier alpha value is -5.29. The quantitative estimate of drug-likeness (QED) is 0.136. The highest BCUT2D eigenvalue weighted by atomic mass is 32.1. The number of nitro groups is 1. The summed E-state index contributed by atoms with van der Waals surface area (Å²) in [4.78, 5) is 61.1. The maximum Gasteiger partial charge on any atom is 0.451 e. The smallest absolute Gasteiger partial charge is 0.340 e. The van der Waals surface area contributed by atoms with Crippen LogP contribution in [0.5, 0.6) is 0 Å². The van der Waals surface area contributed by atoms with Crippen LogP contribution in [0.25, 0.3) is 17.0 Å². The number of hydrogen-bond acceptors (Lipinski definition) is 8. The maximum absolute atomic E-state index is 13.7. The second-order valence-electron chi connectivity index (χ2n) is 14.3. The Morgan fingerprint density at radius 1 is 1.00 bits per heavy atom. The minimum Gasteiger partial charge on any atom is -0.340 e. The molecule has 4 aromatic rings. The number of aromatic nitrogens is 2. The molecule has 3 heterocycles. The number of likely N-dealkylation sites (tertiary alicyclic amines) is 1. The minimum atomic E-state index is -1.10. The van der Waals surface area contributed by atoms with E-state index in [-0.39, 0.29) is 42.4 Å². The molecule has 0 radical (unpaired) electrons. The number of benzene rings is 2. The first-order valence-corrected chi connectivity index (χ1v) is 17.9. The lowest BCUT2D eigenvalue weighted by Crippen LogP contribution is -2.56. The van der Waals surface area contributed by atoms with Crippen molar-refractivity contribution in [3.05, 3.63) is 134 Å². The minimum absolute atomic E-state index is 0.0486. The molecule has 11 heteroatoms. The topological polar surface area (TPSA) is 135 Å². The molecule has 6 rings (SSSR count). The fraction of sp³-hybridized carbons (Fsp3) is 0.325. The third-order valence-electron chi connectivity index (χ3n) is 9.64. The molecule has 2 atom stereocenters. The zero-order chi connectivity index (χ0) is 36.3. The van der Waals surface area contributed by atoms with E-state index >= 15 is 0 Å². The van der Waals surface area contributed by atoms with E-state index in [1.165, 1.54) is 27.4 Å². The van der Waals surface area contributed by atoms with Gasteiger partial charge in [0.05, 0.1) is 10.8 Å². The van der Waals surface area contributed by atoms with Crippen molar-refractivity contribution in [2.24, 2.45) is 11.8 Å². The van der Waals surface area contributed by atoms with Gasteiger partial charge in [0.2, 0.25) is 5.91 Å². The van der Waals surface area contributed by atoms with E-state index in [0.29, 0.717) is 16.6 Å². The van der Waals surface area contributed by atoms with E-state index in [4.69, 9.17) is 0 Å². The highest BCUT2D eigenvalue weighted by Gasteiger charge is 2.44.